The predicted molar refractivity (Wildman–Crippen MR) is 96.9 cm³/mol. The Balaban J connectivity index is 2.06. The molecule has 4 nitrogen and oxygen atoms in total. The summed E-state index contributed by atoms with van der Waals surface area (Å²) < 4.78 is 12.9. The highest BCUT2D eigenvalue weighted by atomic mass is 32.1. The van der Waals surface area contributed by atoms with Gasteiger partial charge >= 0.3 is 0 Å². The van der Waals surface area contributed by atoms with E-state index in [1.54, 1.807) is 12.1 Å². The lowest BCUT2D eigenvalue weighted by Crippen LogP contribution is -2.34. The maximum absolute atomic E-state index is 12.9. The fourth-order valence-electron chi connectivity index (χ4n) is 2.13. The van der Waals surface area contributed by atoms with Gasteiger partial charge in [0.25, 0.3) is 5.91 Å². The van der Waals surface area contributed by atoms with E-state index in [1.165, 1.54) is 24.3 Å². The summed E-state index contributed by atoms with van der Waals surface area (Å²) in [4.78, 5) is 12.0. The molecule has 24 heavy (non-hydrogen) atoms. The molecule has 2 aromatic rings. The van der Waals surface area contributed by atoms with Crippen molar-refractivity contribution in [3.8, 4) is 5.75 Å². The highest BCUT2D eigenvalue weighted by Crippen LogP contribution is 2.29. The normalized spacial score (nSPS) is 11.6. The monoisotopic (exact) mass is 346 g/mol. The quantitative estimate of drug-likeness (QED) is 0.574. The average Bonchev–Trinajstić information content (AvgIpc) is 2.56. The van der Waals surface area contributed by atoms with Crippen molar-refractivity contribution in [2.24, 2.45) is 0 Å². The maximum Gasteiger partial charge on any atom is 0.257 e. The maximum atomic E-state index is 12.9. The van der Waals surface area contributed by atoms with Crippen LogP contribution in [0.3, 0.4) is 0 Å². The number of thiocarbonyl (C=S) groups is 1. The molecule has 0 spiro atoms. The minimum absolute atomic E-state index is 0.0421. The van der Waals surface area contributed by atoms with Crippen LogP contribution < -0.4 is 10.6 Å². The van der Waals surface area contributed by atoms with Crippen LogP contribution in [0.4, 0.5) is 10.1 Å². The van der Waals surface area contributed by atoms with E-state index in [4.69, 9.17) is 12.2 Å². The summed E-state index contributed by atoms with van der Waals surface area (Å²) in [7, 11) is 0. The van der Waals surface area contributed by atoms with Gasteiger partial charge in [0.15, 0.2) is 5.11 Å². The zero-order valence-electron chi connectivity index (χ0n) is 13.5. The lowest BCUT2D eigenvalue weighted by molar-refractivity contribution is 0.0977. The Morgan fingerprint density at radius 3 is 2.54 bits per heavy atom. The van der Waals surface area contributed by atoms with E-state index in [-0.39, 0.29) is 16.4 Å². The van der Waals surface area contributed by atoms with Crippen LogP contribution in [0.15, 0.2) is 42.5 Å². The summed E-state index contributed by atoms with van der Waals surface area (Å²) in [6.07, 6.45) is 0.968. The van der Waals surface area contributed by atoms with Gasteiger partial charge in [-0.3, -0.25) is 10.1 Å². The zero-order valence-corrected chi connectivity index (χ0v) is 14.3. The summed E-state index contributed by atoms with van der Waals surface area (Å²) in [6, 6.07) is 10.4. The van der Waals surface area contributed by atoms with Gasteiger partial charge in [0.2, 0.25) is 0 Å². The Morgan fingerprint density at radius 1 is 1.25 bits per heavy atom. The van der Waals surface area contributed by atoms with Gasteiger partial charge in [-0.25, -0.2) is 4.39 Å². The van der Waals surface area contributed by atoms with Crippen molar-refractivity contribution < 1.29 is 14.3 Å². The molecule has 126 valence electrons. The molecular weight excluding hydrogens is 327 g/mol. The van der Waals surface area contributed by atoms with E-state index >= 15 is 0 Å². The molecule has 2 rings (SSSR count). The Hall–Kier alpha value is -2.47. The van der Waals surface area contributed by atoms with E-state index in [0.717, 1.165) is 12.0 Å². The SMILES string of the molecule is CC[C@H](C)c1ccc(O)c(NC(=S)NC(=O)c2ccc(F)cc2)c1. The average molecular weight is 346 g/mol. The van der Waals surface area contributed by atoms with E-state index in [0.29, 0.717) is 11.6 Å². The third-order valence-corrected chi connectivity index (χ3v) is 3.99. The molecule has 1 atom stereocenters. The Bertz CT molecular complexity index is 747. The van der Waals surface area contributed by atoms with E-state index in [1.807, 2.05) is 6.07 Å². The molecule has 0 fully saturated rings. The predicted octanol–water partition coefficient (Wildman–Crippen LogP) is 4.17. The molecule has 0 aliphatic carbocycles. The van der Waals surface area contributed by atoms with Gasteiger partial charge in [0, 0.05) is 5.56 Å². The van der Waals surface area contributed by atoms with Gasteiger partial charge in [-0.2, -0.15) is 0 Å². The zero-order chi connectivity index (χ0) is 17.7. The molecular formula is C18H19FN2O2S. The van der Waals surface area contributed by atoms with Gasteiger partial charge in [0.05, 0.1) is 5.69 Å². The van der Waals surface area contributed by atoms with Crippen molar-refractivity contribution >= 4 is 28.9 Å². The molecule has 1 amide bonds. The number of nitrogens with one attached hydrogen (secondary N) is 2. The van der Waals surface area contributed by atoms with Crippen LogP contribution in [-0.4, -0.2) is 16.1 Å². The molecule has 2 aromatic carbocycles. The number of rotatable bonds is 4. The van der Waals surface area contributed by atoms with E-state index in [2.05, 4.69) is 24.5 Å². The largest absolute Gasteiger partial charge is 0.506 e. The Kier molecular flexibility index (Phi) is 5.87. The van der Waals surface area contributed by atoms with Crippen molar-refractivity contribution in [3.63, 3.8) is 0 Å². The molecule has 0 radical (unpaired) electrons. The number of amides is 1. The van der Waals surface area contributed by atoms with Crippen LogP contribution in [0.2, 0.25) is 0 Å². The molecule has 0 saturated heterocycles. The number of benzene rings is 2. The first kappa shape index (κ1) is 17.9. The summed E-state index contributed by atoms with van der Waals surface area (Å²) in [5.74, 6) is -0.488. The van der Waals surface area contributed by atoms with Crippen molar-refractivity contribution in [2.45, 2.75) is 26.2 Å². The molecule has 0 aliphatic rings. The fourth-order valence-corrected chi connectivity index (χ4v) is 2.33. The third-order valence-electron chi connectivity index (χ3n) is 3.78. The molecule has 3 N–H and O–H groups in total. The summed E-state index contributed by atoms with van der Waals surface area (Å²) in [5.41, 5.74) is 1.78. The van der Waals surface area contributed by atoms with Crippen LogP contribution in [-0.2, 0) is 0 Å². The second kappa shape index (κ2) is 7.88. The lowest BCUT2D eigenvalue weighted by Gasteiger charge is -2.14. The fraction of sp³-hybridized carbons (Fsp3) is 0.222. The van der Waals surface area contributed by atoms with Crippen molar-refractivity contribution in [1.29, 1.82) is 0 Å². The molecule has 0 aliphatic heterocycles. The summed E-state index contributed by atoms with van der Waals surface area (Å²) in [6.45, 7) is 4.17. The summed E-state index contributed by atoms with van der Waals surface area (Å²) in [5, 5.41) is 15.3. The molecule has 0 heterocycles. The van der Waals surface area contributed by atoms with Gasteiger partial charge in [-0.15, -0.1) is 0 Å². The van der Waals surface area contributed by atoms with Gasteiger partial charge < -0.3 is 10.4 Å². The standard InChI is InChI=1S/C18H19FN2O2S/c1-3-11(2)13-6-9-16(22)15(10-13)20-18(24)21-17(23)12-4-7-14(19)8-5-12/h4-11,22H,3H2,1-2H3,(H2,20,21,23,24)/t11-/m0/s1. The van der Waals surface area contributed by atoms with Crippen molar-refractivity contribution in [3.05, 3.63) is 59.4 Å². The third kappa shape index (κ3) is 4.52. The second-order valence-corrected chi connectivity index (χ2v) is 5.91. The van der Waals surface area contributed by atoms with E-state index in [9.17, 15) is 14.3 Å². The Morgan fingerprint density at radius 2 is 1.92 bits per heavy atom. The minimum atomic E-state index is -0.454. The number of phenols is 1. The number of anilines is 1. The number of aromatic hydroxyl groups is 1. The topological polar surface area (TPSA) is 61.4 Å². The molecule has 0 aromatic heterocycles. The smallest absolute Gasteiger partial charge is 0.257 e. The Labute approximate surface area is 145 Å². The summed E-state index contributed by atoms with van der Waals surface area (Å²) >= 11 is 5.11. The minimum Gasteiger partial charge on any atom is -0.506 e. The van der Waals surface area contributed by atoms with Crippen molar-refractivity contribution in [1.82, 2.24) is 5.32 Å². The van der Waals surface area contributed by atoms with Crippen LogP contribution in [0.25, 0.3) is 0 Å². The van der Waals surface area contributed by atoms with Gasteiger partial charge in [-0.1, -0.05) is 19.9 Å². The number of hydrogen-bond donors (Lipinski definition) is 3. The lowest BCUT2D eigenvalue weighted by atomic mass is 9.98. The first-order valence-electron chi connectivity index (χ1n) is 7.61. The number of hydrogen-bond acceptors (Lipinski definition) is 3. The molecule has 0 saturated carbocycles. The highest BCUT2D eigenvalue weighted by molar-refractivity contribution is 7.80. The number of carbonyl (C=O) groups excluding carboxylic acids is 1. The van der Waals surface area contributed by atoms with Gasteiger partial charge in [0.1, 0.15) is 11.6 Å². The van der Waals surface area contributed by atoms with Crippen LogP contribution in [0.1, 0.15) is 42.1 Å². The first-order chi connectivity index (χ1) is 11.4. The number of halogens is 1. The molecule has 0 bridgehead atoms. The van der Waals surface area contributed by atoms with Crippen LogP contribution >= 0.6 is 12.2 Å². The van der Waals surface area contributed by atoms with Crippen LogP contribution in [0, 0.1) is 5.82 Å². The highest BCUT2D eigenvalue weighted by Gasteiger charge is 2.11. The number of phenolic OH excluding ortho intramolecular Hbond substituents is 1. The second-order valence-electron chi connectivity index (χ2n) is 5.50. The van der Waals surface area contributed by atoms with Crippen LogP contribution in [0.5, 0.6) is 5.75 Å². The number of carbonyl (C=O) groups is 1. The van der Waals surface area contributed by atoms with Gasteiger partial charge in [-0.05, 0) is 66.5 Å². The van der Waals surface area contributed by atoms with Crippen molar-refractivity contribution in [2.75, 3.05) is 5.32 Å². The molecule has 6 heteroatoms. The first-order valence-corrected chi connectivity index (χ1v) is 8.02. The van der Waals surface area contributed by atoms with E-state index < -0.39 is 11.7 Å². The molecule has 0 unspecified atom stereocenters.